The molecule has 100 valence electrons. The van der Waals surface area contributed by atoms with E-state index in [0.29, 0.717) is 23.9 Å². The van der Waals surface area contributed by atoms with Crippen LogP contribution in [0.25, 0.3) is 0 Å². The van der Waals surface area contributed by atoms with Crippen molar-refractivity contribution in [1.29, 1.82) is 0 Å². The van der Waals surface area contributed by atoms with Gasteiger partial charge >= 0.3 is 0 Å². The molecule has 0 bridgehead atoms. The van der Waals surface area contributed by atoms with Crippen LogP contribution in [0.1, 0.15) is 36.9 Å². The molecule has 5 nitrogen and oxygen atoms in total. The molecule has 0 aromatic carbocycles. The van der Waals surface area contributed by atoms with Gasteiger partial charge in [-0.05, 0) is 18.6 Å². The van der Waals surface area contributed by atoms with Gasteiger partial charge in [0.05, 0.1) is 0 Å². The fourth-order valence-electron chi connectivity index (χ4n) is 1.49. The zero-order chi connectivity index (χ0) is 13.7. The van der Waals surface area contributed by atoms with Gasteiger partial charge in [0, 0.05) is 24.2 Å². The summed E-state index contributed by atoms with van der Waals surface area (Å²) in [6.07, 6.45) is 2.75. The highest BCUT2D eigenvalue weighted by Crippen LogP contribution is 2.22. The van der Waals surface area contributed by atoms with Crippen molar-refractivity contribution in [1.82, 2.24) is 15.2 Å². The van der Waals surface area contributed by atoms with Gasteiger partial charge in [-0.15, -0.1) is 10.2 Å². The molecule has 1 N–H and O–H groups in total. The largest absolute Gasteiger partial charge is 0.301 e. The molecule has 0 spiro atoms. The maximum Gasteiger partial charge on any atom is 0.226 e. The predicted octanol–water partition coefficient (Wildman–Crippen LogP) is 2.63. The minimum atomic E-state index is -0.0582. The van der Waals surface area contributed by atoms with E-state index in [2.05, 4.69) is 20.5 Å². The molecule has 0 fully saturated rings. The van der Waals surface area contributed by atoms with Crippen molar-refractivity contribution < 1.29 is 4.79 Å². The summed E-state index contributed by atoms with van der Waals surface area (Å²) < 4.78 is 0. The summed E-state index contributed by atoms with van der Waals surface area (Å²) >= 11 is 1.42. The molecule has 6 heteroatoms. The van der Waals surface area contributed by atoms with Crippen LogP contribution in [0.4, 0.5) is 5.13 Å². The number of aromatic nitrogens is 3. The summed E-state index contributed by atoms with van der Waals surface area (Å²) in [5, 5.41) is 12.2. The Bertz CT molecular complexity index is 539. The van der Waals surface area contributed by atoms with E-state index < -0.39 is 0 Å². The second kappa shape index (κ2) is 6.38. The Morgan fingerprint density at radius 3 is 2.84 bits per heavy atom. The number of pyridine rings is 1. The Kier molecular flexibility index (Phi) is 4.57. The Balaban J connectivity index is 1.84. The van der Waals surface area contributed by atoms with E-state index >= 15 is 0 Å². The van der Waals surface area contributed by atoms with E-state index in [4.69, 9.17) is 0 Å². The zero-order valence-electron chi connectivity index (χ0n) is 11.0. The molecule has 19 heavy (non-hydrogen) atoms. The van der Waals surface area contributed by atoms with Crippen LogP contribution in [0.15, 0.2) is 24.4 Å². The smallest absolute Gasteiger partial charge is 0.226 e. The summed E-state index contributed by atoms with van der Waals surface area (Å²) in [5.74, 6) is 0.272. The fraction of sp³-hybridized carbons (Fsp3) is 0.385. The van der Waals surface area contributed by atoms with E-state index in [1.807, 2.05) is 32.0 Å². The van der Waals surface area contributed by atoms with Gasteiger partial charge in [0.15, 0.2) is 0 Å². The van der Waals surface area contributed by atoms with Crippen LogP contribution in [-0.2, 0) is 11.2 Å². The average Bonchev–Trinajstić information content (AvgIpc) is 2.86. The molecule has 2 heterocycles. The fourth-order valence-corrected chi connectivity index (χ4v) is 2.25. The van der Waals surface area contributed by atoms with E-state index in [-0.39, 0.29) is 5.91 Å². The summed E-state index contributed by atoms with van der Waals surface area (Å²) in [7, 11) is 0. The van der Waals surface area contributed by atoms with Crippen LogP contribution < -0.4 is 5.32 Å². The Morgan fingerprint density at radius 2 is 2.21 bits per heavy atom. The first-order valence-electron chi connectivity index (χ1n) is 6.18. The molecular weight excluding hydrogens is 260 g/mol. The molecule has 2 rings (SSSR count). The van der Waals surface area contributed by atoms with Gasteiger partial charge in [0.2, 0.25) is 11.0 Å². The number of hydrogen-bond acceptors (Lipinski definition) is 5. The predicted molar refractivity (Wildman–Crippen MR) is 75.2 cm³/mol. The van der Waals surface area contributed by atoms with Gasteiger partial charge in [-0.2, -0.15) is 0 Å². The van der Waals surface area contributed by atoms with Crippen molar-refractivity contribution in [3.05, 3.63) is 35.1 Å². The van der Waals surface area contributed by atoms with Crippen LogP contribution >= 0.6 is 11.3 Å². The third-order valence-electron chi connectivity index (χ3n) is 2.52. The average molecular weight is 276 g/mol. The van der Waals surface area contributed by atoms with E-state index in [9.17, 15) is 4.79 Å². The van der Waals surface area contributed by atoms with Crippen LogP contribution in [-0.4, -0.2) is 21.1 Å². The monoisotopic (exact) mass is 276 g/mol. The van der Waals surface area contributed by atoms with Crippen LogP contribution in [0.5, 0.6) is 0 Å². The molecule has 0 saturated carbocycles. The third kappa shape index (κ3) is 4.10. The molecule has 0 aliphatic heterocycles. The standard InChI is InChI=1S/C13H16N4OS/c1-9(2)12-16-17-13(19-12)15-11(18)7-6-10-5-3-4-8-14-10/h3-5,8-9H,6-7H2,1-2H3,(H,15,17,18). The maximum atomic E-state index is 11.8. The molecule has 0 atom stereocenters. The number of amides is 1. The second-order valence-electron chi connectivity index (χ2n) is 4.47. The number of carbonyl (C=O) groups excluding carboxylic acids is 1. The lowest BCUT2D eigenvalue weighted by Gasteiger charge is -2.01. The van der Waals surface area contributed by atoms with Gasteiger partial charge in [-0.1, -0.05) is 31.3 Å². The normalized spacial score (nSPS) is 10.7. The Hall–Kier alpha value is -1.82. The van der Waals surface area contributed by atoms with Crippen molar-refractivity contribution in [2.45, 2.75) is 32.6 Å². The second-order valence-corrected chi connectivity index (χ2v) is 5.48. The first-order chi connectivity index (χ1) is 9.15. The van der Waals surface area contributed by atoms with E-state index in [1.54, 1.807) is 6.20 Å². The quantitative estimate of drug-likeness (QED) is 0.911. The van der Waals surface area contributed by atoms with Crippen molar-refractivity contribution in [2.75, 3.05) is 5.32 Å². The van der Waals surface area contributed by atoms with Crippen LogP contribution in [0, 0.1) is 0 Å². The van der Waals surface area contributed by atoms with Gasteiger partial charge in [-0.3, -0.25) is 9.78 Å². The van der Waals surface area contributed by atoms with Crippen molar-refractivity contribution in [3.8, 4) is 0 Å². The van der Waals surface area contributed by atoms with Crippen LogP contribution in [0.3, 0.4) is 0 Å². The van der Waals surface area contributed by atoms with Crippen molar-refractivity contribution in [3.63, 3.8) is 0 Å². The molecule has 2 aromatic rings. The minimum Gasteiger partial charge on any atom is -0.301 e. The zero-order valence-corrected chi connectivity index (χ0v) is 11.8. The highest BCUT2D eigenvalue weighted by Gasteiger charge is 2.10. The Labute approximate surface area is 116 Å². The summed E-state index contributed by atoms with van der Waals surface area (Å²) in [6, 6.07) is 5.69. The molecule has 0 unspecified atom stereocenters. The SMILES string of the molecule is CC(C)c1nnc(NC(=O)CCc2ccccn2)s1. The molecule has 0 radical (unpaired) electrons. The number of carbonyl (C=O) groups is 1. The van der Waals surface area contributed by atoms with Crippen LogP contribution in [0.2, 0.25) is 0 Å². The number of hydrogen-bond donors (Lipinski definition) is 1. The number of nitrogens with zero attached hydrogens (tertiary/aromatic N) is 3. The number of anilines is 1. The lowest BCUT2D eigenvalue weighted by Crippen LogP contribution is -2.12. The van der Waals surface area contributed by atoms with Gasteiger partial charge < -0.3 is 5.32 Å². The first-order valence-corrected chi connectivity index (χ1v) is 7.00. The van der Waals surface area contributed by atoms with Gasteiger partial charge in [-0.25, -0.2) is 0 Å². The molecular formula is C13H16N4OS. The van der Waals surface area contributed by atoms with Gasteiger partial charge in [0.1, 0.15) is 5.01 Å². The van der Waals surface area contributed by atoms with Crippen molar-refractivity contribution >= 4 is 22.4 Å². The topological polar surface area (TPSA) is 67.8 Å². The molecule has 1 amide bonds. The first kappa shape index (κ1) is 13.6. The number of nitrogens with one attached hydrogen (secondary N) is 1. The lowest BCUT2D eigenvalue weighted by atomic mass is 10.2. The molecule has 0 saturated heterocycles. The highest BCUT2D eigenvalue weighted by atomic mass is 32.1. The minimum absolute atomic E-state index is 0.0582. The highest BCUT2D eigenvalue weighted by molar-refractivity contribution is 7.15. The van der Waals surface area contributed by atoms with E-state index in [1.165, 1.54) is 11.3 Å². The maximum absolute atomic E-state index is 11.8. The summed E-state index contributed by atoms with van der Waals surface area (Å²) in [5.41, 5.74) is 0.915. The lowest BCUT2D eigenvalue weighted by molar-refractivity contribution is -0.116. The number of aryl methyl sites for hydroxylation is 1. The van der Waals surface area contributed by atoms with Gasteiger partial charge in [0.25, 0.3) is 0 Å². The Morgan fingerprint density at radius 1 is 1.37 bits per heavy atom. The van der Waals surface area contributed by atoms with E-state index in [0.717, 1.165) is 10.7 Å². The third-order valence-corrected chi connectivity index (χ3v) is 3.65. The molecule has 2 aromatic heterocycles. The summed E-state index contributed by atoms with van der Waals surface area (Å²) in [6.45, 7) is 4.10. The molecule has 0 aliphatic rings. The van der Waals surface area contributed by atoms with Crippen molar-refractivity contribution in [2.24, 2.45) is 0 Å². The molecule has 0 aliphatic carbocycles. The summed E-state index contributed by atoms with van der Waals surface area (Å²) in [4.78, 5) is 15.9. The number of rotatable bonds is 5.